The van der Waals surface area contributed by atoms with E-state index in [-0.39, 0.29) is 23.1 Å². The molecule has 0 spiro atoms. The van der Waals surface area contributed by atoms with E-state index in [9.17, 15) is 19.7 Å². The van der Waals surface area contributed by atoms with Crippen LogP contribution in [0.1, 0.15) is 23.2 Å². The standard InChI is InChI=1S/C19H20N4O4/c1-20-15-10-9-13(12-17(15)23(26)27)19(25)22-11-5-8-16(22)18(24)21-14-6-3-2-4-7-14/h2-4,6-7,9-10,12,16,20H,5,8,11H2,1H3,(H,21,24)/t16-/m0/s1. The van der Waals surface area contributed by atoms with E-state index in [2.05, 4.69) is 10.6 Å². The molecule has 3 rings (SSSR count). The van der Waals surface area contributed by atoms with Crippen molar-refractivity contribution in [2.45, 2.75) is 18.9 Å². The average molecular weight is 368 g/mol. The molecule has 2 aromatic carbocycles. The van der Waals surface area contributed by atoms with Gasteiger partial charge in [-0.2, -0.15) is 0 Å². The SMILES string of the molecule is CNc1ccc(C(=O)N2CCC[C@H]2C(=O)Nc2ccccc2)cc1[N+](=O)[O-]. The number of anilines is 2. The number of nitro groups is 1. The number of nitro benzene ring substituents is 1. The minimum Gasteiger partial charge on any atom is -0.383 e. The molecule has 1 fully saturated rings. The molecule has 2 aromatic rings. The van der Waals surface area contributed by atoms with E-state index in [1.54, 1.807) is 19.2 Å². The van der Waals surface area contributed by atoms with E-state index in [1.165, 1.54) is 23.1 Å². The van der Waals surface area contributed by atoms with Gasteiger partial charge in [-0.05, 0) is 37.1 Å². The summed E-state index contributed by atoms with van der Waals surface area (Å²) in [5, 5.41) is 16.8. The van der Waals surface area contributed by atoms with Crippen LogP contribution >= 0.6 is 0 Å². The van der Waals surface area contributed by atoms with Crippen LogP contribution in [-0.2, 0) is 4.79 Å². The Labute approximate surface area is 156 Å². The minimum atomic E-state index is -0.597. The summed E-state index contributed by atoms with van der Waals surface area (Å²) in [7, 11) is 1.58. The fourth-order valence-corrected chi connectivity index (χ4v) is 3.22. The molecular formula is C19H20N4O4. The molecule has 0 aromatic heterocycles. The Balaban J connectivity index is 1.80. The lowest BCUT2D eigenvalue weighted by Crippen LogP contribution is -2.43. The molecule has 1 aliphatic rings. The van der Waals surface area contributed by atoms with E-state index in [4.69, 9.17) is 0 Å². The number of nitrogens with zero attached hydrogens (tertiary/aromatic N) is 2. The summed E-state index contributed by atoms with van der Waals surface area (Å²) in [5.41, 5.74) is 1.01. The summed E-state index contributed by atoms with van der Waals surface area (Å²) in [6.07, 6.45) is 1.26. The van der Waals surface area contributed by atoms with Gasteiger partial charge < -0.3 is 15.5 Å². The van der Waals surface area contributed by atoms with Crippen molar-refractivity contribution in [2.75, 3.05) is 24.2 Å². The Morgan fingerprint density at radius 3 is 2.59 bits per heavy atom. The second-order valence-electron chi connectivity index (χ2n) is 6.25. The van der Waals surface area contributed by atoms with Gasteiger partial charge in [-0.15, -0.1) is 0 Å². The van der Waals surface area contributed by atoms with Crippen LogP contribution in [0.4, 0.5) is 17.1 Å². The molecular weight excluding hydrogens is 348 g/mol. The molecule has 27 heavy (non-hydrogen) atoms. The number of benzene rings is 2. The number of hydrogen-bond donors (Lipinski definition) is 2. The number of nitrogens with one attached hydrogen (secondary N) is 2. The summed E-state index contributed by atoms with van der Waals surface area (Å²) in [5.74, 6) is -0.639. The molecule has 0 bridgehead atoms. The molecule has 0 radical (unpaired) electrons. The van der Waals surface area contributed by atoms with E-state index >= 15 is 0 Å². The smallest absolute Gasteiger partial charge is 0.293 e. The lowest BCUT2D eigenvalue weighted by Gasteiger charge is -2.24. The van der Waals surface area contributed by atoms with Gasteiger partial charge in [0.25, 0.3) is 11.6 Å². The highest BCUT2D eigenvalue weighted by Gasteiger charge is 2.35. The van der Waals surface area contributed by atoms with Gasteiger partial charge in [0.1, 0.15) is 11.7 Å². The average Bonchev–Trinajstić information content (AvgIpc) is 3.17. The number of carbonyl (C=O) groups excluding carboxylic acids is 2. The Hall–Kier alpha value is -3.42. The van der Waals surface area contributed by atoms with Crippen LogP contribution in [0.3, 0.4) is 0 Å². The predicted molar refractivity (Wildman–Crippen MR) is 102 cm³/mol. The summed E-state index contributed by atoms with van der Waals surface area (Å²) in [6.45, 7) is 0.438. The number of likely N-dealkylation sites (tertiary alicyclic amines) is 1. The van der Waals surface area contributed by atoms with Crippen LogP contribution in [0.2, 0.25) is 0 Å². The fraction of sp³-hybridized carbons (Fsp3) is 0.263. The molecule has 0 aliphatic carbocycles. The van der Waals surface area contributed by atoms with E-state index in [0.29, 0.717) is 30.8 Å². The first-order valence-electron chi connectivity index (χ1n) is 8.64. The lowest BCUT2D eigenvalue weighted by atomic mass is 10.1. The van der Waals surface area contributed by atoms with Crippen LogP contribution in [0.15, 0.2) is 48.5 Å². The molecule has 1 aliphatic heterocycles. The van der Waals surface area contributed by atoms with Gasteiger partial charge in [0.2, 0.25) is 5.91 Å². The van der Waals surface area contributed by atoms with Gasteiger partial charge in [-0.3, -0.25) is 19.7 Å². The van der Waals surface area contributed by atoms with Gasteiger partial charge in [-0.1, -0.05) is 18.2 Å². The van der Waals surface area contributed by atoms with Crippen LogP contribution in [0, 0.1) is 10.1 Å². The predicted octanol–water partition coefficient (Wildman–Crippen LogP) is 2.88. The maximum Gasteiger partial charge on any atom is 0.293 e. The monoisotopic (exact) mass is 368 g/mol. The maximum atomic E-state index is 12.9. The highest BCUT2D eigenvalue weighted by atomic mass is 16.6. The molecule has 140 valence electrons. The number of amides is 2. The Morgan fingerprint density at radius 2 is 1.93 bits per heavy atom. The van der Waals surface area contributed by atoms with Crippen molar-refractivity contribution >= 4 is 28.9 Å². The second-order valence-corrected chi connectivity index (χ2v) is 6.25. The molecule has 8 nitrogen and oxygen atoms in total. The molecule has 1 saturated heterocycles. The first-order chi connectivity index (χ1) is 13.0. The van der Waals surface area contributed by atoms with Gasteiger partial charge >= 0.3 is 0 Å². The number of hydrogen-bond acceptors (Lipinski definition) is 5. The highest BCUT2D eigenvalue weighted by molar-refractivity contribution is 6.02. The zero-order valence-corrected chi connectivity index (χ0v) is 14.8. The number of para-hydroxylation sites is 1. The summed E-state index contributed by atoms with van der Waals surface area (Å²) >= 11 is 0. The lowest BCUT2D eigenvalue weighted by molar-refractivity contribution is -0.384. The zero-order chi connectivity index (χ0) is 19.4. The van der Waals surface area contributed by atoms with Crippen molar-refractivity contribution in [3.63, 3.8) is 0 Å². The normalized spacial score (nSPS) is 16.0. The fourth-order valence-electron chi connectivity index (χ4n) is 3.22. The van der Waals surface area contributed by atoms with Crippen molar-refractivity contribution in [3.8, 4) is 0 Å². The van der Waals surface area contributed by atoms with Gasteiger partial charge in [0.15, 0.2) is 0 Å². The van der Waals surface area contributed by atoms with Crippen molar-refractivity contribution in [3.05, 3.63) is 64.2 Å². The first-order valence-corrected chi connectivity index (χ1v) is 8.64. The van der Waals surface area contributed by atoms with Crippen LogP contribution in [0.25, 0.3) is 0 Å². The zero-order valence-electron chi connectivity index (χ0n) is 14.8. The number of rotatable bonds is 5. The third-order valence-corrected chi connectivity index (χ3v) is 4.57. The first kappa shape index (κ1) is 18.4. The Morgan fingerprint density at radius 1 is 1.19 bits per heavy atom. The van der Waals surface area contributed by atoms with Gasteiger partial charge in [0.05, 0.1) is 4.92 Å². The molecule has 0 unspecified atom stereocenters. The quantitative estimate of drug-likeness (QED) is 0.624. The van der Waals surface area contributed by atoms with Crippen LogP contribution in [-0.4, -0.2) is 41.3 Å². The van der Waals surface area contributed by atoms with E-state index in [0.717, 1.165) is 0 Å². The van der Waals surface area contributed by atoms with E-state index < -0.39 is 11.0 Å². The molecule has 2 N–H and O–H groups in total. The second kappa shape index (κ2) is 7.86. The molecule has 8 heteroatoms. The van der Waals surface area contributed by atoms with E-state index in [1.807, 2.05) is 18.2 Å². The Bertz CT molecular complexity index is 869. The van der Waals surface area contributed by atoms with Gasteiger partial charge in [-0.25, -0.2) is 0 Å². The third-order valence-electron chi connectivity index (χ3n) is 4.57. The number of carbonyl (C=O) groups is 2. The summed E-state index contributed by atoms with van der Waals surface area (Å²) in [6, 6.07) is 12.7. The highest BCUT2D eigenvalue weighted by Crippen LogP contribution is 2.28. The largest absolute Gasteiger partial charge is 0.383 e. The van der Waals surface area contributed by atoms with Gasteiger partial charge in [0, 0.05) is 30.9 Å². The van der Waals surface area contributed by atoms with Crippen molar-refractivity contribution in [2.24, 2.45) is 0 Å². The summed E-state index contributed by atoms with van der Waals surface area (Å²) < 4.78 is 0. The van der Waals surface area contributed by atoms with Crippen molar-refractivity contribution < 1.29 is 14.5 Å². The van der Waals surface area contributed by atoms with Crippen molar-refractivity contribution in [1.82, 2.24) is 4.90 Å². The Kier molecular flexibility index (Phi) is 5.35. The van der Waals surface area contributed by atoms with Crippen LogP contribution < -0.4 is 10.6 Å². The molecule has 2 amide bonds. The maximum absolute atomic E-state index is 12.9. The molecule has 0 saturated carbocycles. The van der Waals surface area contributed by atoms with Crippen LogP contribution in [0.5, 0.6) is 0 Å². The minimum absolute atomic E-state index is 0.173. The summed E-state index contributed by atoms with van der Waals surface area (Å²) in [4.78, 5) is 37.7. The topological polar surface area (TPSA) is 105 Å². The van der Waals surface area contributed by atoms with Crippen molar-refractivity contribution in [1.29, 1.82) is 0 Å². The molecule has 1 atom stereocenters. The third kappa shape index (κ3) is 3.89. The molecule has 1 heterocycles.